The maximum absolute atomic E-state index is 12.0. The van der Waals surface area contributed by atoms with Crippen molar-refractivity contribution in [2.24, 2.45) is 5.92 Å². The van der Waals surface area contributed by atoms with Crippen LogP contribution in [0.25, 0.3) is 0 Å². The molecule has 0 spiro atoms. The van der Waals surface area contributed by atoms with E-state index < -0.39 is 0 Å². The van der Waals surface area contributed by atoms with Gasteiger partial charge in [-0.3, -0.25) is 9.59 Å². The van der Waals surface area contributed by atoms with E-state index in [1.807, 2.05) is 32.9 Å². The molecular weight excluding hydrogens is 326 g/mol. The van der Waals surface area contributed by atoms with Crippen LogP contribution in [-0.2, 0) is 9.59 Å². The molecule has 0 aliphatic carbocycles. The number of carbonyl (C=O) groups excluding carboxylic acids is 2. The van der Waals surface area contributed by atoms with Gasteiger partial charge in [-0.2, -0.15) is 0 Å². The van der Waals surface area contributed by atoms with Crippen LogP contribution < -0.4 is 15.1 Å². The van der Waals surface area contributed by atoms with E-state index in [1.165, 1.54) is 18.5 Å². The molecule has 26 heavy (non-hydrogen) atoms. The predicted molar refractivity (Wildman–Crippen MR) is 108 cm³/mol. The Morgan fingerprint density at radius 2 is 1.73 bits per heavy atom. The summed E-state index contributed by atoms with van der Waals surface area (Å²) in [6, 6.07) is 8.12. The van der Waals surface area contributed by atoms with Crippen molar-refractivity contribution < 1.29 is 9.59 Å². The second-order valence-electron chi connectivity index (χ2n) is 8.40. The highest BCUT2D eigenvalue weighted by Gasteiger charge is 2.19. The van der Waals surface area contributed by atoms with E-state index in [4.69, 9.17) is 0 Å². The summed E-state index contributed by atoms with van der Waals surface area (Å²) in [6.45, 7) is 12.3. The number of amides is 2. The molecule has 5 heteroatoms. The molecule has 0 radical (unpaired) electrons. The minimum Gasteiger partial charge on any atom is -0.372 e. The van der Waals surface area contributed by atoms with Crippen molar-refractivity contribution >= 4 is 23.2 Å². The SMILES string of the molecule is CC(=O)N(CCC(=O)NC(C)(C)C)c1ccc(N2CCC(C)CC2)cc1. The molecule has 144 valence electrons. The van der Waals surface area contributed by atoms with E-state index in [1.54, 1.807) is 11.8 Å². The Hall–Kier alpha value is -2.04. The zero-order valence-corrected chi connectivity index (χ0v) is 16.8. The molecular formula is C21H33N3O2. The van der Waals surface area contributed by atoms with E-state index in [-0.39, 0.29) is 17.4 Å². The molecule has 1 saturated heterocycles. The normalized spacial score (nSPS) is 15.7. The third-order valence-corrected chi connectivity index (χ3v) is 4.77. The first kappa shape index (κ1) is 20.3. The number of rotatable bonds is 5. The summed E-state index contributed by atoms with van der Waals surface area (Å²) in [7, 11) is 0. The van der Waals surface area contributed by atoms with E-state index in [2.05, 4.69) is 29.3 Å². The maximum atomic E-state index is 12.0. The molecule has 0 bridgehead atoms. The lowest BCUT2D eigenvalue weighted by Crippen LogP contribution is -2.42. The number of hydrogen-bond acceptors (Lipinski definition) is 3. The Morgan fingerprint density at radius 1 is 1.15 bits per heavy atom. The van der Waals surface area contributed by atoms with Crippen LogP contribution in [0.3, 0.4) is 0 Å². The van der Waals surface area contributed by atoms with Gasteiger partial charge in [0.15, 0.2) is 0 Å². The Labute approximate surface area is 157 Å². The van der Waals surface area contributed by atoms with Gasteiger partial charge in [0.2, 0.25) is 11.8 Å². The quantitative estimate of drug-likeness (QED) is 0.874. The fraction of sp³-hybridized carbons (Fsp3) is 0.619. The number of benzene rings is 1. The minimum atomic E-state index is -0.258. The molecule has 0 saturated carbocycles. The number of nitrogens with one attached hydrogen (secondary N) is 1. The molecule has 1 aromatic rings. The van der Waals surface area contributed by atoms with E-state index in [0.717, 1.165) is 24.7 Å². The monoisotopic (exact) mass is 359 g/mol. The Balaban J connectivity index is 1.99. The molecule has 1 aromatic carbocycles. The topological polar surface area (TPSA) is 52.7 Å². The second kappa shape index (κ2) is 8.56. The van der Waals surface area contributed by atoms with Gasteiger partial charge in [-0.1, -0.05) is 6.92 Å². The molecule has 2 amide bonds. The smallest absolute Gasteiger partial charge is 0.223 e. The Morgan fingerprint density at radius 3 is 2.23 bits per heavy atom. The lowest BCUT2D eigenvalue weighted by atomic mass is 9.99. The van der Waals surface area contributed by atoms with Crippen LogP contribution in [0, 0.1) is 5.92 Å². The van der Waals surface area contributed by atoms with Crippen molar-refractivity contribution in [2.45, 2.75) is 59.4 Å². The number of piperidine rings is 1. The first-order chi connectivity index (χ1) is 12.2. The van der Waals surface area contributed by atoms with Gasteiger partial charge in [-0.25, -0.2) is 0 Å². The molecule has 1 heterocycles. The molecule has 0 aromatic heterocycles. The van der Waals surface area contributed by atoms with Crippen LogP contribution in [0.2, 0.25) is 0 Å². The standard InChI is InChI=1S/C21H33N3O2/c1-16-10-13-23(14-11-16)18-6-8-19(9-7-18)24(17(2)25)15-12-20(26)22-21(3,4)5/h6-9,16H,10-15H2,1-5H3,(H,22,26). The summed E-state index contributed by atoms with van der Waals surface area (Å²) in [5, 5.41) is 2.94. The number of nitrogens with zero attached hydrogens (tertiary/aromatic N) is 2. The molecule has 5 nitrogen and oxygen atoms in total. The molecule has 2 rings (SSSR count). The highest BCUT2D eigenvalue weighted by atomic mass is 16.2. The first-order valence-corrected chi connectivity index (χ1v) is 9.60. The number of carbonyl (C=O) groups is 2. The molecule has 0 atom stereocenters. The maximum Gasteiger partial charge on any atom is 0.223 e. The van der Waals surface area contributed by atoms with Gasteiger partial charge in [0, 0.05) is 49.9 Å². The summed E-state index contributed by atoms with van der Waals surface area (Å²) in [6.07, 6.45) is 2.75. The number of hydrogen-bond donors (Lipinski definition) is 1. The molecule has 1 fully saturated rings. The first-order valence-electron chi connectivity index (χ1n) is 9.60. The van der Waals surface area contributed by atoms with Crippen LogP contribution in [0.1, 0.15) is 53.9 Å². The lowest BCUT2D eigenvalue weighted by molar-refractivity contribution is -0.122. The van der Waals surface area contributed by atoms with Crippen LogP contribution >= 0.6 is 0 Å². The average molecular weight is 360 g/mol. The molecule has 1 aliphatic heterocycles. The average Bonchev–Trinajstić information content (AvgIpc) is 2.54. The van der Waals surface area contributed by atoms with Gasteiger partial charge in [0.05, 0.1) is 0 Å². The molecule has 0 unspecified atom stereocenters. The third-order valence-electron chi connectivity index (χ3n) is 4.77. The lowest BCUT2D eigenvalue weighted by Gasteiger charge is -2.32. The van der Waals surface area contributed by atoms with Gasteiger partial charge in [0.1, 0.15) is 0 Å². The van der Waals surface area contributed by atoms with Crippen molar-refractivity contribution in [1.82, 2.24) is 5.32 Å². The zero-order chi connectivity index (χ0) is 19.3. The minimum absolute atomic E-state index is 0.0391. The van der Waals surface area contributed by atoms with Crippen molar-refractivity contribution in [3.05, 3.63) is 24.3 Å². The van der Waals surface area contributed by atoms with Crippen molar-refractivity contribution in [1.29, 1.82) is 0 Å². The van der Waals surface area contributed by atoms with Crippen LogP contribution in [-0.4, -0.2) is 37.0 Å². The van der Waals surface area contributed by atoms with Crippen molar-refractivity contribution in [2.75, 3.05) is 29.4 Å². The second-order valence-corrected chi connectivity index (χ2v) is 8.40. The van der Waals surface area contributed by atoms with Crippen molar-refractivity contribution in [3.8, 4) is 0 Å². The predicted octanol–water partition coefficient (Wildman–Crippen LogP) is 3.58. The van der Waals surface area contributed by atoms with Crippen LogP contribution in [0.4, 0.5) is 11.4 Å². The van der Waals surface area contributed by atoms with Gasteiger partial charge in [-0.15, -0.1) is 0 Å². The van der Waals surface area contributed by atoms with Gasteiger partial charge in [-0.05, 0) is 63.8 Å². The molecule has 1 aliphatic rings. The largest absolute Gasteiger partial charge is 0.372 e. The van der Waals surface area contributed by atoms with Crippen LogP contribution in [0.5, 0.6) is 0 Å². The Kier molecular flexibility index (Phi) is 6.68. The summed E-state index contributed by atoms with van der Waals surface area (Å²) < 4.78 is 0. The molecule has 1 N–H and O–H groups in total. The van der Waals surface area contributed by atoms with Gasteiger partial charge < -0.3 is 15.1 Å². The van der Waals surface area contributed by atoms with Gasteiger partial charge in [0.25, 0.3) is 0 Å². The summed E-state index contributed by atoms with van der Waals surface area (Å²) in [4.78, 5) is 28.2. The zero-order valence-electron chi connectivity index (χ0n) is 16.8. The van der Waals surface area contributed by atoms with Gasteiger partial charge >= 0.3 is 0 Å². The fourth-order valence-corrected chi connectivity index (χ4v) is 3.27. The third kappa shape index (κ3) is 6.04. The van der Waals surface area contributed by atoms with E-state index in [0.29, 0.717) is 13.0 Å². The summed E-state index contributed by atoms with van der Waals surface area (Å²) >= 11 is 0. The highest BCUT2D eigenvalue weighted by Crippen LogP contribution is 2.25. The highest BCUT2D eigenvalue weighted by molar-refractivity contribution is 5.92. The van der Waals surface area contributed by atoms with Crippen molar-refractivity contribution in [3.63, 3.8) is 0 Å². The van der Waals surface area contributed by atoms with E-state index in [9.17, 15) is 9.59 Å². The summed E-state index contributed by atoms with van der Waals surface area (Å²) in [5.74, 6) is 0.717. The van der Waals surface area contributed by atoms with E-state index >= 15 is 0 Å². The fourth-order valence-electron chi connectivity index (χ4n) is 3.27. The number of anilines is 2. The Bertz CT molecular complexity index is 611. The van der Waals surface area contributed by atoms with Crippen LogP contribution in [0.15, 0.2) is 24.3 Å². The summed E-state index contributed by atoms with van der Waals surface area (Å²) in [5.41, 5.74) is 1.79.